The van der Waals surface area contributed by atoms with Gasteiger partial charge in [0.05, 0.1) is 49.8 Å². The molecule has 0 aromatic rings. The molecule has 0 aromatic heterocycles. The summed E-state index contributed by atoms with van der Waals surface area (Å²) in [6, 6.07) is 0. The predicted octanol–water partition coefficient (Wildman–Crippen LogP) is 0.122. The number of fused-ring (bicyclic) bond motifs is 5. The smallest absolute Gasteiger partial charge is 0.394 e. The second-order valence-corrected chi connectivity index (χ2v) is 20.1. The summed E-state index contributed by atoms with van der Waals surface area (Å²) in [6.45, 7) is 9.94. The molecular formula is C39H68O17S. The first kappa shape index (κ1) is 45.9. The first-order valence-electron chi connectivity index (χ1n) is 20.8. The number of aliphatic hydroxyl groups is 8. The molecule has 2 saturated heterocycles. The van der Waals surface area contributed by atoms with Crippen LogP contribution in [0.4, 0.5) is 0 Å². The van der Waals surface area contributed by atoms with Crippen LogP contribution in [0.25, 0.3) is 0 Å². The van der Waals surface area contributed by atoms with Gasteiger partial charge in [-0.1, -0.05) is 41.0 Å². The summed E-state index contributed by atoms with van der Waals surface area (Å²) in [6.07, 6.45) is -10.4. The zero-order chi connectivity index (χ0) is 42.0. The Bertz CT molecular complexity index is 1470. The fourth-order valence-electron chi connectivity index (χ4n) is 12.6. The molecule has 0 radical (unpaired) electrons. The molecule has 2 aliphatic heterocycles. The van der Waals surface area contributed by atoms with Gasteiger partial charge in [-0.15, -0.1) is 0 Å². The number of ether oxygens (including phenoxy) is 5. The molecule has 4 aliphatic carbocycles. The second-order valence-electron chi connectivity index (χ2n) is 19.0. The van der Waals surface area contributed by atoms with E-state index in [0.29, 0.717) is 25.7 Å². The number of rotatable bonds is 14. The molecule has 6 aliphatic rings. The SMILES string of the molecule is CO[C@@H]1CO[C@@H](O[C@@H]2[C@@H](OC[C@@H](CC[C@@H](C)[C@H]3C[C@@H](O)C4[C@]5(O)C[C@H](OS(=O)(=O)O)C6[C@@H](O)[C@@H](O)CC[C@]6(C)C5CC[C@@]43C)C(C)C)O[C@H](CO)[C@H]2O)[C@H](O)[C@H]1O. The van der Waals surface area contributed by atoms with E-state index in [0.717, 1.165) is 12.8 Å². The molecule has 3 unspecified atom stereocenters. The van der Waals surface area contributed by atoms with Crippen molar-refractivity contribution in [3.63, 3.8) is 0 Å². The Morgan fingerprint density at radius 2 is 1.54 bits per heavy atom. The van der Waals surface area contributed by atoms with E-state index < -0.39 is 125 Å². The lowest BCUT2D eigenvalue weighted by atomic mass is 9.41. The van der Waals surface area contributed by atoms with Gasteiger partial charge < -0.3 is 64.5 Å². The Kier molecular flexibility index (Phi) is 13.9. The van der Waals surface area contributed by atoms with Crippen LogP contribution in [-0.2, 0) is 38.3 Å². The maximum absolute atomic E-state index is 12.8. The number of hydrogen-bond donors (Lipinski definition) is 9. The van der Waals surface area contributed by atoms with Gasteiger partial charge in [-0.3, -0.25) is 4.55 Å². The summed E-state index contributed by atoms with van der Waals surface area (Å²) in [5.74, 6) is -1.66. The molecule has 2 heterocycles. The monoisotopic (exact) mass is 840 g/mol. The van der Waals surface area contributed by atoms with Crippen LogP contribution in [-0.4, -0.2) is 160 Å². The van der Waals surface area contributed by atoms with Gasteiger partial charge in [-0.2, -0.15) is 8.42 Å². The van der Waals surface area contributed by atoms with Crippen LogP contribution in [0.1, 0.15) is 86.0 Å². The molecule has 0 bridgehead atoms. The Morgan fingerprint density at radius 1 is 0.860 bits per heavy atom. The van der Waals surface area contributed by atoms with Crippen molar-refractivity contribution < 1.29 is 81.7 Å². The van der Waals surface area contributed by atoms with E-state index in [9.17, 15) is 53.8 Å². The minimum absolute atomic E-state index is 0.00664. The van der Waals surface area contributed by atoms with E-state index in [2.05, 4.69) is 27.7 Å². The third-order valence-corrected chi connectivity index (χ3v) is 16.1. The van der Waals surface area contributed by atoms with Gasteiger partial charge in [-0.25, -0.2) is 4.18 Å². The molecule has 18 heteroatoms. The van der Waals surface area contributed by atoms with E-state index in [1.165, 1.54) is 7.11 Å². The molecular weight excluding hydrogens is 772 g/mol. The Labute approximate surface area is 335 Å². The second kappa shape index (κ2) is 17.3. The highest BCUT2D eigenvalue weighted by atomic mass is 32.3. The van der Waals surface area contributed by atoms with Crippen LogP contribution < -0.4 is 0 Å². The molecule has 332 valence electrons. The minimum atomic E-state index is -4.98. The van der Waals surface area contributed by atoms with Crippen molar-refractivity contribution >= 4 is 10.4 Å². The molecule has 21 atom stereocenters. The van der Waals surface area contributed by atoms with Gasteiger partial charge in [0.1, 0.15) is 36.6 Å². The van der Waals surface area contributed by atoms with Crippen LogP contribution in [0.2, 0.25) is 0 Å². The fourth-order valence-corrected chi connectivity index (χ4v) is 13.1. The third-order valence-electron chi connectivity index (χ3n) is 15.6. The summed E-state index contributed by atoms with van der Waals surface area (Å²) >= 11 is 0. The summed E-state index contributed by atoms with van der Waals surface area (Å²) < 4.78 is 67.9. The van der Waals surface area contributed by atoms with E-state index in [4.69, 9.17) is 27.9 Å². The number of methoxy groups -OCH3 is 1. The molecule has 0 aromatic carbocycles. The number of aliphatic hydroxyl groups excluding tert-OH is 7. The quantitative estimate of drug-likeness (QED) is 0.105. The van der Waals surface area contributed by atoms with Gasteiger partial charge in [0.25, 0.3) is 0 Å². The molecule has 6 rings (SSSR count). The highest BCUT2D eigenvalue weighted by Gasteiger charge is 2.72. The average molecular weight is 841 g/mol. The number of hydrogen-bond acceptors (Lipinski definition) is 16. The largest absolute Gasteiger partial charge is 0.397 e. The van der Waals surface area contributed by atoms with Crippen molar-refractivity contribution in [2.24, 2.45) is 52.3 Å². The predicted molar refractivity (Wildman–Crippen MR) is 199 cm³/mol. The molecule has 4 saturated carbocycles. The van der Waals surface area contributed by atoms with Crippen LogP contribution in [0.5, 0.6) is 0 Å². The Hall–Kier alpha value is -0.650. The lowest BCUT2D eigenvalue weighted by Gasteiger charge is -2.66. The molecule has 0 spiro atoms. The molecule has 9 N–H and O–H groups in total. The van der Waals surface area contributed by atoms with Crippen molar-refractivity contribution in [3.8, 4) is 0 Å². The third kappa shape index (κ3) is 8.47. The van der Waals surface area contributed by atoms with Crippen molar-refractivity contribution in [2.45, 2.75) is 165 Å². The minimum Gasteiger partial charge on any atom is -0.394 e. The highest BCUT2D eigenvalue weighted by Crippen LogP contribution is 2.70. The first-order valence-corrected chi connectivity index (χ1v) is 22.1. The summed E-state index contributed by atoms with van der Waals surface area (Å²) in [5, 5.41) is 88.3. The summed E-state index contributed by atoms with van der Waals surface area (Å²) in [7, 11) is -3.60. The maximum Gasteiger partial charge on any atom is 0.397 e. The van der Waals surface area contributed by atoms with Gasteiger partial charge >= 0.3 is 10.4 Å². The van der Waals surface area contributed by atoms with Gasteiger partial charge in [0, 0.05) is 25.4 Å². The van der Waals surface area contributed by atoms with Crippen LogP contribution in [0.15, 0.2) is 0 Å². The van der Waals surface area contributed by atoms with E-state index in [1.807, 2.05) is 6.92 Å². The molecule has 57 heavy (non-hydrogen) atoms. The van der Waals surface area contributed by atoms with Gasteiger partial charge in [-0.05, 0) is 78.9 Å². The standard InChI is InChI=1S/C39H68O17S/c1-18(2)20(16-52-36-33(31(45)25(15-40)54-36)55-35-32(46)30(44)26(51-6)17-53-35)8-7-19(3)21-13-23(42)34-37(21,4)12-10-27-38(5)11-9-22(41)29(43)28(38)24(14-39(27,34)47)56-57(48,49)50/h18-36,40-47H,7-17H2,1-6H3,(H,48,49,50)/t19-,20-,21-,22+,23-,24+,25-,26-,27?,28?,29+,30+,31-,32-,33+,34?,35+,36+,37-,38-,39+/m1/s1. The van der Waals surface area contributed by atoms with Crippen LogP contribution >= 0.6 is 0 Å². The lowest BCUT2D eigenvalue weighted by molar-refractivity contribution is -0.306. The van der Waals surface area contributed by atoms with E-state index in [1.54, 1.807) is 0 Å². The topological polar surface area (TPSA) is 272 Å². The highest BCUT2D eigenvalue weighted by molar-refractivity contribution is 7.80. The molecule has 6 fully saturated rings. The lowest BCUT2D eigenvalue weighted by Crippen LogP contribution is -2.71. The van der Waals surface area contributed by atoms with Crippen molar-refractivity contribution in [1.29, 1.82) is 0 Å². The Balaban J connectivity index is 1.13. The molecule has 0 amide bonds. The van der Waals surface area contributed by atoms with Crippen LogP contribution in [0.3, 0.4) is 0 Å². The average Bonchev–Trinajstić information content (AvgIpc) is 3.58. The molecule has 17 nitrogen and oxygen atoms in total. The van der Waals surface area contributed by atoms with E-state index in [-0.39, 0.29) is 49.7 Å². The van der Waals surface area contributed by atoms with Crippen molar-refractivity contribution in [3.05, 3.63) is 0 Å². The zero-order valence-electron chi connectivity index (χ0n) is 33.9. The maximum atomic E-state index is 12.8. The van der Waals surface area contributed by atoms with Crippen molar-refractivity contribution in [2.75, 3.05) is 26.9 Å². The van der Waals surface area contributed by atoms with Crippen molar-refractivity contribution in [1.82, 2.24) is 0 Å². The van der Waals surface area contributed by atoms with Crippen LogP contribution in [0, 0.1) is 52.3 Å². The normalized spacial score (nSPS) is 50.0. The first-order chi connectivity index (χ1) is 26.6. The van der Waals surface area contributed by atoms with Gasteiger partial charge in [0.15, 0.2) is 12.6 Å². The zero-order valence-corrected chi connectivity index (χ0v) is 34.8. The van der Waals surface area contributed by atoms with Gasteiger partial charge in [0.2, 0.25) is 0 Å². The Morgan fingerprint density at radius 3 is 2.18 bits per heavy atom. The summed E-state index contributed by atoms with van der Waals surface area (Å²) in [5.41, 5.74) is -2.95. The fraction of sp³-hybridized carbons (Fsp3) is 1.00. The summed E-state index contributed by atoms with van der Waals surface area (Å²) in [4.78, 5) is 0. The van der Waals surface area contributed by atoms with E-state index >= 15 is 0 Å².